The molecule has 88 valence electrons. The summed E-state index contributed by atoms with van der Waals surface area (Å²) in [5.41, 5.74) is 0. The Kier molecular flexibility index (Phi) is 4.03. The molecule has 0 amide bonds. The van der Waals surface area contributed by atoms with Crippen molar-refractivity contribution in [3.8, 4) is 0 Å². The minimum atomic E-state index is -0.679. The molecule has 0 aromatic carbocycles. The fraction of sp³-hybridized carbons (Fsp3) is 0.583. The Morgan fingerprint density at radius 3 is 2.75 bits per heavy atom. The van der Waals surface area contributed by atoms with Gasteiger partial charge in [0.05, 0.1) is 6.42 Å². The average Bonchev–Trinajstić information content (AvgIpc) is 2.84. The van der Waals surface area contributed by atoms with Crippen molar-refractivity contribution in [1.29, 1.82) is 0 Å². The van der Waals surface area contributed by atoms with E-state index in [0.717, 1.165) is 4.47 Å². The van der Waals surface area contributed by atoms with Crippen molar-refractivity contribution in [2.24, 2.45) is 5.92 Å². The molecule has 1 fully saturated rings. The van der Waals surface area contributed by atoms with Gasteiger partial charge < -0.3 is 5.11 Å². The van der Waals surface area contributed by atoms with Gasteiger partial charge in [0, 0.05) is 20.6 Å². The Balaban J connectivity index is 2.16. The van der Waals surface area contributed by atoms with Crippen LogP contribution in [-0.2, 0) is 4.79 Å². The monoisotopic (exact) mass is 302 g/mol. The first-order valence-corrected chi connectivity index (χ1v) is 7.30. The molecule has 1 aliphatic carbocycles. The Morgan fingerprint density at radius 2 is 2.25 bits per heavy atom. The summed E-state index contributed by atoms with van der Waals surface area (Å²) in [7, 11) is 0. The lowest BCUT2D eigenvalue weighted by Crippen LogP contribution is -2.13. The second kappa shape index (κ2) is 5.32. The first-order valence-electron chi connectivity index (χ1n) is 5.62. The third kappa shape index (κ3) is 2.86. The molecule has 1 unspecified atom stereocenters. The van der Waals surface area contributed by atoms with Gasteiger partial charge in [-0.25, -0.2) is 0 Å². The normalized spacial score (nSPS) is 18.8. The van der Waals surface area contributed by atoms with Gasteiger partial charge in [-0.15, -0.1) is 11.3 Å². The van der Waals surface area contributed by atoms with E-state index in [2.05, 4.69) is 22.0 Å². The van der Waals surface area contributed by atoms with E-state index in [0.29, 0.717) is 5.92 Å². The third-order valence-electron chi connectivity index (χ3n) is 3.32. The van der Waals surface area contributed by atoms with Gasteiger partial charge in [0.2, 0.25) is 0 Å². The highest BCUT2D eigenvalue weighted by atomic mass is 79.9. The number of thiophene rings is 1. The van der Waals surface area contributed by atoms with Crippen LogP contribution in [0.4, 0.5) is 0 Å². The number of aliphatic carboxylic acids is 1. The maximum atomic E-state index is 10.9. The van der Waals surface area contributed by atoms with Gasteiger partial charge in [-0.3, -0.25) is 4.79 Å². The molecular formula is C12H15BrO2S. The van der Waals surface area contributed by atoms with Crippen molar-refractivity contribution in [2.45, 2.75) is 38.0 Å². The van der Waals surface area contributed by atoms with Gasteiger partial charge >= 0.3 is 5.97 Å². The van der Waals surface area contributed by atoms with Crippen molar-refractivity contribution in [2.75, 3.05) is 0 Å². The van der Waals surface area contributed by atoms with E-state index in [1.54, 1.807) is 11.3 Å². The molecule has 0 radical (unpaired) electrons. The topological polar surface area (TPSA) is 37.3 Å². The molecule has 4 heteroatoms. The summed E-state index contributed by atoms with van der Waals surface area (Å²) >= 11 is 5.11. The lowest BCUT2D eigenvalue weighted by Gasteiger charge is -2.20. The predicted octanol–water partition coefficient (Wildman–Crippen LogP) is 4.26. The largest absolute Gasteiger partial charge is 0.481 e. The van der Waals surface area contributed by atoms with Crippen LogP contribution in [-0.4, -0.2) is 11.1 Å². The van der Waals surface area contributed by atoms with Crippen LogP contribution in [0.5, 0.6) is 0 Å². The zero-order valence-electron chi connectivity index (χ0n) is 8.99. The maximum absolute atomic E-state index is 10.9. The standard InChI is InChI=1S/C12H15BrO2S/c13-9-5-11(16-7-9)10(6-12(14)15)8-3-1-2-4-8/h5,7-8,10H,1-4,6H2,(H,14,15). The lowest BCUT2D eigenvalue weighted by molar-refractivity contribution is -0.137. The first kappa shape index (κ1) is 12.1. The highest BCUT2D eigenvalue weighted by Crippen LogP contribution is 2.42. The average molecular weight is 303 g/mol. The minimum Gasteiger partial charge on any atom is -0.481 e. The fourth-order valence-corrected chi connectivity index (χ4v) is 4.21. The van der Waals surface area contributed by atoms with E-state index in [-0.39, 0.29) is 12.3 Å². The van der Waals surface area contributed by atoms with E-state index in [4.69, 9.17) is 5.11 Å². The van der Waals surface area contributed by atoms with E-state index >= 15 is 0 Å². The molecule has 16 heavy (non-hydrogen) atoms. The molecule has 0 saturated heterocycles. The SMILES string of the molecule is O=C(O)CC(c1cc(Br)cs1)C1CCCC1. The third-order valence-corrected chi connectivity index (χ3v) is 5.14. The minimum absolute atomic E-state index is 0.219. The molecule has 2 rings (SSSR count). The molecule has 0 spiro atoms. The summed E-state index contributed by atoms with van der Waals surface area (Å²) < 4.78 is 1.07. The molecule has 1 N–H and O–H groups in total. The fourth-order valence-electron chi connectivity index (χ4n) is 2.57. The number of halogens is 1. The van der Waals surface area contributed by atoms with E-state index < -0.39 is 5.97 Å². The van der Waals surface area contributed by atoms with Crippen LogP contribution in [0, 0.1) is 5.92 Å². The lowest BCUT2D eigenvalue weighted by atomic mass is 9.87. The van der Waals surface area contributed by atoms with Gasteiger partial charge in [-0.1, -0.05) is 12.8 Å². The van der Waals surface area contributed by atoms with E-state index in [1.165, 1.54) is 30.6 Å². The highest BCUT2D eigenvalue weighted by Gasteiger charge is 2.29. The molecule has 0 bridgehead atoms. The maximum Gasteiger partial charge on any atom is 0.304 e. The predicted molar refractivity (Wildman–Crippen MR) is 69.0 cm³/mol. The van der Waals surface area contributed by atoms with Crippen LogP contribution >= 0.6 is 27.3 Å². The van der Waals surface area contributed by atoms with E-state index in [9.17, 15) is 4.79 Å². The van der Waals surface area contributed by atoms with Gasteiger partial charge in [-0.05, 0) is 40.8 Å². The molecule has 1 aromatic rings. The summed E-state index contributed by atoms with van der Waals surface area (Å²) in [5, 5.41) is 11.0. The molecule has 0 aliphatic heterocycles. The second-order valence-corrected chi connectivity index (χ2v) is 6.27. The van der Waals surface area contributed by atoms with Crippen LogP contribution in [0.25, 0.3) is 0 Å². The second-order valence-electron chi connectivity index (χ2n) is 4.42. The number of carboxylic acid groups (broad SMARTS) is 1. The van der Waals surface area contributed by atoms with Crippen LogP contribution in [0.1, 0.15) is 42.9 Å². The van der Waals surface area contributed by atoms with Crippen molar-refractivity contribution >= 4 is 33.2 Å². The summed E-state index contributed by atoms with van der Waals surface area (Å²) in [6, 6.07) is 2.08. The van der Waals surface area contributed by atoms with Crippen LogP contribution in [0.2, 0.25) is 0 Å². The Bertz CT molecular complexity index is 369. The molecule has 2 nitrogen and oxygen atoms in total. The summed E-state index contributed by atoms with van der Waals surface area (Å²) in [6.07, 6.45) is 5.17. The number of carbonyl (C=O) groups is 1. The Labute approximate surface area is 108 Å². The van der Waals surface area contributed by atoms with Crippen molar-refractivity contribution in [3.63, 3.8) is 0 Å². The number of hydrogen-bond acceptors (Lipinski definition) is 2. The summed E-state index contributed by atoms with van der Waals surface area (Å²) in [4.78, 5) is 12.2. The summed E-state index contributed by atoms with van der Waals surface area (Å²) in [5.74, 6) is 0.111. The van der Waals surface area contributed by atoms with Gasteiger partial charge in [0.1, 0.15) is 0 Å². The first-order chi connectivity index (χ1) is 7.66. The highest BCUT2D eigenvalue weighted by molar-refractivity contribution is 9.10. The summed E-state index contributed by atoms with van der Waals surface area (Å²) in [6.45, 7) is 0. The quantitative estimate of drug-likeness (QED) is 0.902. The van der Waals surface area contributed by atoms with Crippen molar-refractivity contribution < 1.29 is 9.90 Å². The zero-order chi connectivity index (χ0) is 11.5. The molecule has 1 atom stereocenters. The smallest absolute Gasteiger partial charge is 0.304 e. The molecule has 1 saturated carbocycles. The molecule has 1 aromatic heterocycles. The van der Waals surface area contributed by atoms with Crippen LogP contribution in [0.3, 0.4) is 0 Å². The number of rotatable bonds is 4. The van der Waals surface area contributed by atoms with Crippen LogP contribution < -0.4 is 0 Å². The zero-order valence-corrected chi connectivity index (χ0v) is 11.4. The molecule has 1 aliphatic rings. The van der Waals surface area contributed by atoms with Crippen molar-refractivity contribution in [3.05, 3.63) is 20.8 Å². The molecular weight excluding hydrogens is 288 g/mol. The number of carboxylic acids is 1. The molecule has 1 heterocycles. The van der Waals surface area contributed by atoms with Gasteiger partial charge in [0.15, 0.2) is 0 Å². The Morgan fingerprint density at radius 1 is 1.56 bits per heavy atom. The van der Waals surface area contributed by atoms with Crippen molar-refractivity contribution in [1.82, 2.24) is 0 Å². The van der Waals surface area contributed by atoms with Gasteiger partial charge in [-0.2, -0.15) is 0 Å². The van der Waals surface area contributed by atoms with Gasteiger partial charge in [0.25, 0.3) is 0 Å². The van der Waals surface area contributed by atoms with Crippen LogP contribution in [0.15, 0.2) is 15.9 Å². The number of hydrogen-bond donors (Lipinski definition) is 1. The van der Waals surface area contributed by atoms with E-state index in [1.807, 2.05) is 5.38 Å². The Hall–Kier alpha value is -0.350.